The van der Waals surface area contributed by atoms with Gasteiger partial charge in [0.15, 0.2) is 0 Å². The van der Waals surface area contributed by atoms with Gasteiger partial charge in [-0.3, -0.25) is 0 Å². The molecule has 38 heavy (non-hydrogen) atoms. The van der Waals surface area contributed by atoms with Crippen LogP contribution in [0.25, 0.3) is 0 Å². The van der Waals surface area contributed by atoms with Crippen molar-refractivity contribution in [1.29, 1.82) is 0 Å². The van der Waals surface area contributed by atoms with E-state index in [1.165, 1.54) is 57.8 Å². The van der Waals surface area contributed by atoms with E-state index in [2.05, 4.69) is 19.9 Å². The van der Waals surface area contributed by atoms with Crippen molar-refractivity contribution in [2.24, 2.45) is 34.5 Å². The summed E-state index contributed by atoms with van der Waals surface area (Å²) in [5, 5.41) is 10.1. The second-order valence-corrected chi connectivity index (χ2v) is 14.9. The molecular weight excluding hydrogens is 472 g/mol. The molecule has 4 aliphatic carbocycles. The molecule has 220 valence electrons. The van der Waals surface area contributed by atoms with Crippen molar-refractivity contribution < 1.29 is 19.4 Å². The molecule has 3 saturated carbocycles. The molecule has 0 aromatic rings. The van der Waals surface area contributed by atoms with Crippen LogP contribution in [0, 0.1) is 34.5 Å². The number of hydrogen-bond acceptors (Lipinski definition) is 4. The molecule has 0 spiro atoms. The van der Waals surface area contributed by atoms with Crippen LogP contribution in [-0.4, -0.2) is 35.0 Å². The number of carbonyl (C=O) groups excluding carboxylic acids is 1. The SMILES string of the molecule is CC.CC(C)(O)CCCCC1CCC2C3CCC4=C[C@@H](OCC(=O)OC(C)(C)C)CCC4(C)C3CCC12C. The van der Waals surface area contributed by atoms with E-state index in [1.54, 1.807) is 5.57 Å². The Morgan fingerprint density at radius 3 is 2.34 bits per heavy atom. The smallest absolute Gasteiger partial charge is 0.332 e. The molecule has 0 aromatic carbocycles. The second-order valence-electron chi connectivity index (χ2n) is 14.9. The number of allylic oxidation sites excluding steroid dienone is 1. The van der Waals surface area contributed by atoms with Crippen LogP contribution in [0.1, 0.15) is 139 Å². The second kappa shape index (κ2) is 12.3. The van der Waals surface area contributed by atoms with Gasteiger partial charge in [-0.15, -0.1) is 0 Å². The molecule has 7 atom stereocenters. The molecule has 0 saturated heterocycles. The number of fused-ring (bicyclic) bond motifs is 5. The van der Waals surface area contributed by atoms with Crippen LogP contribution >= 0.6 is 0 Å². The van der Waals surface area contributed by atoms with Crippen LogP contribution in [0.4, 0.5) is 0 Å². The minimum absolute atomic E-state index is 0.0470. The van der Waals surface area contributed by atoms with Crippen LogP contribution in [0.15, 0.2) is 11.6 Å². The highest BCUT2D eigenvalue weighted by atomic mass is 16.6. The summed E-state index contributed by atoms with van der Waals surface area (Å²) in [6, 6.07) is 0. The lowest BCUT2D eigenvalue weighted by Gasteiger charge is -2.58. The molecule has 4 aliphatic rings. The van der Waals surface area contributed by atoms with Gasteiger partial charge in [0, 0.05) is 0 Å². The van der Waals surface area contributed by atoms with Crippen molar-refractivity contribution in [1.82, 2.24) is 0 Å². The number of esters is 1. The zero-order valence-electron chi connectivity index (χ0n) is 26.3. The van der Waals surface area contributed by atoms with Crippen molar-refractivity contribution in [3.63, 3.8) is 0 Å². The fraction of sp³-hybridized carbons (Fsp3) is 0.912. The van der Waals surface area contributed by atoms with E-state index in [0.717, 1.165) is 42.9 Å². The first-order valence-electron chi connectivity index (χ1n) is 16.0. The summed E-state index contributed by atoms with van der Waals surface area (Å²) in [5.74, 6) is 3.16. The maximum atomic E-state index is 12.1. The minimum Gasteiger partial charge on any atom is -0.458 e. The largest absolute Gasteiger partial charge is 0.458 e. The van der Waals surface area contributed by atoms with Gasteiger partial charge in [-0.25, -0.2) is 4.79 Å². The quantitative estimate of drug-likeness (QED) is 0.193. The standard InChI is InChI=1S/C32H54O4.C2H6/c1-29(2,3)36-28(33)21-35-24-15-18-32(7)23(20-24)11-13-25-26-14-12-22(10-8-9-17-30(4,5)34)31(26,6)19-16-27(25)32;1-2/h20,22,24-27,34H,8-19,21H2,1-7H3;1-2H3/t22?,24-,25?,26?,27?,31?,32?;/m0./s1. The zero-order valence-corrected chi connectivity index (χ0v) is 26.3. The summed E-state index contributed by atoms with van der Waals surface area (Å²) in [6.45, 7) is 18.8. The number of rotatable bonds is 8. The highest BCUT2D eigenvalue weighted by Gasteiger charge is 2.58. The fourth-order valence-corrected chi connectivity index (χ4v) is 8.91. The highest BCUT2D eigenvalue weighted by molar-refractivity contribution is 5.71. The average Bonchev–Trinajstić information content (AvgIpc) is 3.16. The summed E-state index contributed by atoms with van der Waals surface area (Å²) in [4.78, 5) is 12.1. The van der Waals surface area contributed by atoms with Crippen molar-refractivity contribution in [3.05, 3.63) is 11.6 Å². The molecular formula is C34H60O4. The van der Waals surface area contributed by atoms with Gasteiger partial charge in [-0.05, 0) is 133 Å². The van der Waals surface area contributed by atoms with E-state index in [0.29, 0.717) is 10.8 Å². The van der Waals surface area contributed by atoms with E-state index in [-0.39, 0.29) is 18.7 Å². The molecule has 0 aliphatic heterocycles. The van der Waals surface area contributed by atoms with Gasteiger partial charge in [0.1, 0.15) is 12.2 Å². The van der Waals surface area contributed by atoms with Crippen LogP contribution in [-0.2, 0) is 14.3 Å². The topological polar surface area (TPSA) is 55.8 Å². The number of aliphatic hydroxyl groups is 1. The summed E-state index contributed by atoms with van der Waals surface area (Å²) in [7, 11) is 0. The Labute approximate surface area is 234 Å². The lowest BCUT2D eigenvalue weighted by Crippen LogP contribution is -2.50. The summed E-state index contributed by atoms with van der Waals surface area (Å²) in [6.07, 6.45) is 17.4. The molecule has 4 nitrogen and oxygen atoms in total. The number of hydrogen-bond donors (Lipinski definition) is 1. The Bertz CT molecular complexity index is 817. The monoisotopic (exact) mass is 532 g/mol. The van der Waals surface area contributed by atoms with Gasteiger partial charge >= 0.3 is 5.97 Å². The van der Waals surface area contributed by atoms with Gasteiger partial charge in [0.05, 0.1) is 11.7 Å². The maximum Gasteiger partial charge on any atom is 0.332 e. The van der Waals surface area contributed by atoms with Gasteiger partial charge in [-0.2, -0.15) is 0 Å². The maximum absolute atomic E-state index is 12.1. The third kappa shape index (κ3) is 7.25. The van der Waals surface area contributed by atoms with Crippen molar-refractivity contribution in [3.8, 4) is 0 Å². The zero-order chi connectivity index (χ0) is 28.4. The lowest BCUT2D eigenvalue weighted by molar-refractivity contribution is -0.161. The van der Waals surface area contributed by atoms with E-state index in [1.807, 2.05) is 48.5 Å². The van der Waals surface area contributed by atoms with Crippen molar-refractivity contribution >= 4 is 5.97 Å². The summed E-state index contributed by atoms with van der Waals surface area (Å²) in [5.41, 5.74) is 1.44. The molecule has 6 unspecified atom stereocenters. The van der Waals surface area contributed by atoms with E-state index in [4.69, 9.17) is 9.47 Å². The van der Waals surface area contributed by atoms with E-state index < -0.39 is 11.2 Å². The molecule has 3 fully saturated rings. The number of carbonyl (C=O) groups is 1. The first-order valence-corrected chi connectivity index (χ1v) is 16.0. The lowest BCUT2D eigenvalue weighted by atomic mass is 9.46. The van der Waals surface area contributed by atoms with Gasteiger partial charge in [0.2, 0.25) is 0 Å². The van der Waals surface area contributed by atoms with Crippen LogP contribution in [0.3, 0.4) is 0 Å². The summed E-state index contributed by atoms with van der Waals surface area (Å²) >= 11 is 0. The Morgan fingerprint density at radius 1 is 0.974 bits per heavy atom. The van der Waals surface area contributed by atoms with Crippen LogP contribution in [0.5, 0.6) is 0 Å². The van der Waals surface area contributed by atoms with Crippen molar-refractivity contribution in [2.75, 3.05) is 6.61 Å². The van der Waals surface area contributed by atoms with Crippen molar-refractivity contribution in [2.45, 2.75) is 157 Å². The third-order valence-corrected chi connectivity index (χ3v) is 10.7. The minimum atomic E-state index is -0.525. The molecule has 4 heteroatoms. The fourth-order valence-electron chi connectivity index (χ4n) is 8.91. The van der Waals surface area contributed by atoms with Gasteiger partial charge in [0.25, 0.3) is 0 Å². The predicted molar refractivity (Wildman–Crippen MR) is 157 cm³/mol. The van der Waals surface area contributed by atoms with Crippen LogP contribution in [0.2, 0.25) is 0 Å². The Hall–Kier alpha value is -0.870. The Kier molecular flexibility index (Phi) is 10.3. The van der Waals surface area contributed by atoms with Gasteiger partial charge < -0.3 is 14.6 Å². The normalized spacial score (nSPS) is 36.7. The van der Waals surface area contributed by atoms with E-state index >= 15 is 0 Å². The first kappa shape index (κ1) is 31.7. The highest BCUT2D eigenvalue weighted by Crippen LogP contribution is 2.67. The molecule has 0 radical (unpaired) electrons. The van der Waals surface area contributed by atoms with Crippen LogP contribution < -0.4 is 0 Å². The number of unbranched alkanes of at least 4 members (excludes halogenated alkanes) is 1. The van der Waals surface area contributed by atoms with Gasteiger partial charge in [-0.1, -0.05) is 52.2 Å². The molecule has 0 heterocycles. The Balaban J connectivity index is 0.00000195. The molecule has 4 rings (SSSR count). The molecule has 0 bridgehead atoms. The summed E-state index contributed by atoms with van der Waals surface area (Å²) < 4.78 is 11.5. The average molecular weight is 533 g/mol. The molecule has 0 aromatic heterocycles. The third-order valence-electron chi connectivity index (χ3n) is 10.7. The first-order chi connectivity index (χ1) is 17.7. The predicted octanol–water partition coefficient (Wildman–Crippen LogP) is 8.65. The van der Waals surface area contributed by atoms with E-state index in [9.17, 15) is 9.90 Å². The molecule has 1 N–H and O–H groups in total. The molecule has 0 amide bonds. The number of ether oxygens (including phenoxy) is 2. The Morgan fingerprint density at radius 2 is 1.68 bits per heavy atom.